The van der Waals surface area contributed by atoms with E-state index in [0.29, 0.717) is 17.9 Å². The van der Waals surface area contributed by atoms with Crippen LogP contribution in [0.15, 0.2) is 0 Å². The number of rotatable bonds is 8. The first-order valence-electron chi connectivity index (χ1n) is 7.27. The van der Waals surface area contributed by atoms with Crippen molar-refractivity contribution in [2.45, 2.75) is 60.1 Å². The Hall–Kier alpha value is -0.120. The molecule has 0 aromatic carbocycles. The summed E-state index contributed by atoms with van der Waals surface area (Å²) in [6, 6.07) is 0.395. The zero-order valence-electron chi connectivity index (χ0n) is 13.7. The number of aliphatic hydroxyl groups excluding tert-OH is 1. The molecule has 0 fully saturated rings. The van der Waals surface area contributed by atoms with Crippen molar-refractivity contribution in [3.63, 3.8) is 0 Å². The van der Waals surface area contributed by atoms with Crippen molar-refractivity contribution in [3.05, 3.63) is 0 Å². The van der Waals surface area contributed by atoms with Crippen LogP contribution in [-0.4, -0.2) is 49.5 Å². The molecule has 0 rings (SSSR count). The van der Waals surface area contributed by atoms with Gasteiger partial charge in [0.25, 0.3) is 0 Å². The summed E-state index contributed by atoms with van der Waals surface area (Å²) < 4.78 is 5.05. The highest BCUT2D eigenvalue weighted by atomic mass is 16.5. The molecule has 18 heavy (non-hydrogen) atoms. The summed E-state index contributed by atoms with van der Waals surface area (Å²) in [5.74, 6) is 0.893. The third kappa shape index (κ3) is 8.90. The van der Waals surface area contributed by atoms with E-state index in [0.717, 1.165) is 19.6 Å². The third-order valence-electron chi connectivity index (χ3n) is 3.64. The monoisotopic (exact) mass is 261 g/mol. The maximum atomic E-state index is 10.1. The number of methoxy groups -OCH3 is 1. The fourth-order valence-electron chi connectivity index (χ4n) is 1.64. The van der Waals surface area contributed by atoms with Crippen LogP contribution in [0, 0.1) is 11.8 Å². The quantitative estimate of drug-likeness (QED) is 0.729. The van der Waals surface area contributed by atoms with E-state index >= 15 is 0 Å². The van der Waals surface area contributed by atoms with Crippen molar-refractivity contribution in [1.29, 1.82) is 0 Å². The molecule has 0 heterocycles. The zero-order chi connectivity index (χ0) is 14.7. The SMILES string of the molecule is CC.COCCN(C)C(C)CC(O)C(C)C(C)C. The van der Waals surface area contributed by atoms with Gasteiger partial charge in [0.05, 0.1) is 12.7 Å². The predicted molar refractivity (Wildman–Crippen MR) is 79.9 cm³/mol. The van der Waals surface area contributed by atoms with Gasteiger partial charge in [-0.3, -0.25) is 0 Å². The Morgan fingerprint density at radius 3 is 2.00 bits per heavy atom. The molecule has 0 radical (unpaired) electrons. The Morgan fingerprint density at radius 2 is 1.61 bits per heavy atom. The number of ether oxygens (including phenoxy) is 1. The molecule has 0 aliphatic heterocycles. The first-order chi connectivity index (χ1) is 8.40. The lowest BCUT2D eigenvalue weighted by molar-refractivity contribution is 0.0524. The van der Waals surface area contributed by atoms with Crippen LogP contribution in [0.5, 0.6) is 0 Å². The Labute approximate surface area is 115 Å². The number of aliphatic hydroxyl groups is 1. The maximum Gasteiger partial charge on any atom is 0.0589 e. The summed E-state index contributed by atoms with van der Waals surface area (Å²) in [7, 11) is 3.80. The van der Waals surface area contributed by atoms with E-state index in [9.17, 15) is 5.11 Å². The Bertz CT molecular complexity index is 174. The molecule has 0 saturated heterocycles. The minimum atomic E-state index is -0.208. The van der Waals surface area contributed by atoms with Gasteiger partial charge in [-0.25, -0.2) is 0 Å². The average molecular weight is 261 g/mol. The molecule has 3 unspecified atom stereocenters. The van der Waals surface area contributed by atoms with Crippen LogP contribution in [0.25, 0.3) is 0 Å². The molecule has 0 saturated carbocycles. The van der Waals surface area contributed by atoms with Gasteiger partial charge in [0.1, 0.15) is 0 Å². The smallest absolute Gasteiger partial charge is 0.0589 e. The van der Waals surface area contributed by atoms with Gasteiger partial charge in [-0.15, -0.1) is 0 Å². The molecule has 3 nitrogen and oxygen atoms in total. The van der Waals surface area contributed by atoms with Crippen LogP contribution < -0.4 is 0 Å². The average Bonchev–Trinajstić information content (AvgIpc) is 2.36. The summed E-state index contributed by atoms with van der Waals surface area (Å²) in [5, 5.41) is 10.1. The Kier molecular flexibility index (Phi) is 13.4. The van der Waals surface area contributed by atoms with Crippen LogP contribution in [0.4, 0.5) is 0 Å². The predicted octanol–water partition coefficient (Wildman–Crippen LogP) is 3.02. The molecule has 1 N–H and O–H groups in total. The Balaban J connectivity index is 0. The second-order valence-corrected chi connectivity index (χ2v) is 5.23. The molecule has 0 amide bonds. The summed E-state index contributed by atoms with van der Waals surface area (Å²) in [4.78, 5) is 2.24. The molecule has 0 aromatic heterocycles. The number of hydrogen-bond acceptors (Lipinski definition) is 3. The highest BCUT2D eigenvalue weighted by molar-refractivity contribution is 4.74. The van der Waals surface area contributed by atoms with E-state index in [2.05, 4.69) is 39.6 Å². The van der Waals surface area contributed by atoms with Gasteiger partial charge < -0.3 is 14.7 Å². The van der Waals surface area contributed by atoms with Gasteiger partial charge in [-0.05, 0) is 32.2 Å². The van der Waals surface area contributed by atoms with Gasteiger partial charge in [0.2, 0.25) is 0 Å². The fourth-order valence-corrected chi connectivity index (χ4v) is 1.64. The van der Waals surface area contributed by atoms with Gasteiger partial charge in [0, 0.05) is 19.7 Å². The molecule has 0 aromatic rings. The Morgan fingerprint density at radius 1 is 1.11 bits per heavy atom. The van der Waals surface area contributed by atoms with E-state index in [1.165, 1.54) is 0 Å². The second-order valence-electron chi connectivity index (χ2n) is 5.23. The van der Waals surface area contributed by atoms with Crippen molar-refractivity contribution in [2.75, 3.05) is 27.3 Å². The lowest BCUT2D eigenvalue weighted by atomic mass is 9.89. The normalized spacial score (nSPS) is 16.2. The lowest BCUT2D eigenvalue weighted by Crippen LogP contribution is -2.37. The summed E-state index contributed by atoms with van der Waals surface area (Å²) in [6.07, 6.45) is 0.625. The molecule has 0 bridgehead atoms. The van der Waals surface area contributed by atoms with E-state index < -0.39 is 0 Å². The van der Waals surface area contributed by atoms with Crippen molar-refractivity contribution in [3.8, 4) is 0 Å². The molecule has 3 atom stereocenters. The first-order valence-corrected chi connectivity index (χ1v) is 7.27. The summed E-state index contributed by atoms with van der Waals surface area (Å²) in [5.41, 5.74) is 0. The molecule has 112 valence electrons. The number of nitrogens with zero attached hydrogens (tertiary/aromatic N) is 1. The van der Waals surface area contributed by atoms with Crippen molar-refractivity contribution in [2.24, 2.45) is 11.8 Å². The van der Waals surface area contributed by atoms with Gasteiger partial charge in [-0.2, -0.15) is 0 Å². The summed E-state index contributed by atoms with van der Waals surface area (Å²) in [6.45, 7) is 14.3. The van der Waals surface area contributed by atoms with E-state index in [4.69, 9.17) is 4.74 Å². The topological polar surface area (TPSA) is 32.7 Å². The van der Waals surface area contributed by atoms with Crippen molar-refractivity contribution in [1.82, 2.24) is 4.90 Å². The third-order valence-corrected chi connectivity index (χ3v) is 3.64. The van der Waals surface area contributed by atoms with E-state index in [-0.39, 0.29) is 6.10 Å². The lowest BCUT2D eigenvalue weighted by Gasteiger charge is -2.30. The van der Waals surface area contributed by atoms with E-state index in [1.807, 2.05) is 13.8 Å². The van der Waals surface area contributed by atoms with Crippen LogP contribution in [0.3, 0.4) is 0 Å². The van der Waals surface area contributed by atoms with E-state index in [1.54, 1.807) is 7.11 Å². The van der Waals surface area contributed by atoms with Crippen LogP contribution in [0.1, 0.15) is 48.0 Å². The molecule has 3 heteroatoms. The second kappa shape index (κ2) is 11.9. The number of likely N-dealkylation sites (N-methyl/N-ethyl adjacent to an activating group) is 1. The van der Waals surface area contributed by atoms with Crippen LogP contribution in [0.2, 0.25) is 0 Å². The van der Waals surface area contributed by atoms with Gasteiger partial charge in [0.15, 0.2) is 0 Å². The highest BCUT2D eigenvalue weighted by Crippen LogP contribution is 2.19. The highest BCUT2D eigenvalue weighted by Gasteiger charge is 2.21. The molecule has 0 aliphatic rings. The molecular weight excluding hydrogens is 226 g/mol. The minimum Gasteiger partial charge on any atom is -0.393 e. The van der Waals surface area contributed by atoms with Crippen LogP contribution in [-0.2, 0) is 4.74 Å². The first kappa shape index (κ1) is 20.2. The van der Waals surface area contributed by atoms with Gasteiger partial charge >= 0.3 is 0 Å². The van der Waals surface area contributed by atoms with Crippen LogP contribution >= 0.6 is 0 Å². The molecule has 0 spiro atoms. The largest absolute Gasteiger partial charge is 0.393 e. The van der Waals surface area contributed by atoms with Crippen molar-refractivity contribution < 1.29 is 9.84 Å². The fraction of sp³-hybridized carbons (Fsp3) is 1.00. The van der Waals surface area contributed by atoms with Gasteiger partial charge in [-0.1, -0.05) is 34.6 Å². The van der Waals surface area contributed by atoms with Crippen molar-refractivity contribution >= 4 is 0 Å². The number of hydrogen-bond donors (Lipinski definition) is 1. The molecular formula is C15H35NO2. The zero-order valence-corrected chi connectivity index (χ0v) is 13.7. The maximum absolute atomic E-state index is 10.1. The summed E-state index contributed by atoms with van der Waals surface area (Å²) >= 11 is 0. The molecule has 0 aliphatic carbocycles. The minimum absolute atomic E-state index is 0.208. The standard InChI is InChI=1S/C13H29NO2.C2H6/c1-10(2)12(4)13(15)9-11(3)14(5)7-8-16-6;1-2/h10-13,15H,7-9H2,1-6H3;1-2H3.